The van der Waals surface area contributed by atoms with E-state index in [0.717, 1.165) is 10.2 Å². The lowest BCUT2D eigenvalue weighted by Gasteiger charge is -2.10. The number of carbonyl (C=O) groups excluding carboxylic acids is 1. The van der Waals surface area contributed by atoms with Crippen LogP contribution in [0.1, 0.15) is 16.1 Å². The summed E-state index contributed by atoms with van der Waals surface area (Å²) >= 11 is 0. The number of aromatic nitrogens is 3. The van der Waals surface area contributed by atoms with Gasteiger partial charge in [-0.25, -0.2) is 0 Å². The summed E-state index contributed by atoms with van der Waals surface area (Å²) in [7, 11) is 3.15. The van der Waals surface area contributed by atoms with Crippen LogP contribution in [0.4, 0.5) is 5.95 Å². The Labute approximate surface area is 165 Å². The van der Waals surface area contributed by atoms with Crippen LogP contribution >= 0.6 is 0 Å². The molecule has 0 amide bonds. The van der Waals surface area contributed by atoms with Crippen LogP contribution in [0.2, 0.25) is 0 Å². The number of anilines is 1. The van der Waals surface area contributed by atoms with Gasteiger partial charge in [0.2, 0.25) is 11.8 Å². The van der Waals surface area contributed by atoms with E-state index in [-0.39, 0.29) is 17.5 Å². The van der Waals surface area contributed by atoms with Crippen molar-refractivity contribution in [3.8, 4) is 23.1 Å². The van der Waals surface area contributed by atoms with Crippen molar-refractivity contribution < 1.29 is 23.1 Å². The first kappa shape index (κ1) is 18.4. The molecule has 0 saturated heterocycles. The first-order chi connectivity index (χ1) is 14.2. The molecule has 0 aliphatic rings. The topological polar surface area (TPSA) is 105 Å². The van der Waals surface area contributed by atoms with Crippen LogP contribution in [0, 0.1) is 0 Å². The van der Waals surface area contributed by atoms with Gasteiger partial charge >= 0.3 is 5.91 Å². The van der Waals surface area contributed by atoms with E-state index >= 15 is 0 Å². The fourth-order valence-electron chi connectivity index (χ4n) is 2.75. The first-order valence-corrected chi connectivity index (χ1v) is 8.73. The summed E-state index contributed by atoms with van der Waals surface area (Å²) in [6.07, 6.45) is 2.94. The number of ether oxygens (including phenoxy) is 2. The molecule has 29 heavy (non-hydrogen) atoms. The Morgan fingerprint density at radius 1 is 1.07 bits per heavy atom. The van der Waals surface area contributed by atoms with Crippen molar-refractivity contribution >= 4 is 11.9 Å². The smallest absolute Gasteiger partial charge is 0.317 e. The highest BCUT2D eigenvalue weighted by Crippen LogP contribution is 2.28. The van der Waals surface area contributed by atoms with E-state index in [4.69, 9.17) is 18.3 Å². The second-order valence-corrected chi connectivity index (χ2v) is 5.97. The van der Waals surface area contributed by atoms with Crippen LogP contribution in [-0.2, 0) is 6.54 Å². The third kappa shape index (κ3) is 3.70. The van der Waals surface area contributed by atoms with E-state index in [1.165, 1.54) is 12.5 Å². The Balaban J connectivity index is 1.63. The Morgan fingerprint density at radius 2 is 1.86 bits per heavy atom. The number of carbonyl (C=O) groups is 1. The zero-order valence-electron chi connectivity index (χ0n) is 15.8. The lowest BCUT2D eigenvalue weighted by Crippen LogP contribution is -2.17. The molecule has 4 aromatic rings. The van der Waals surface area contributed by atoms with Gasteiger partial charge in [-0.05, 0) is 42.0 Å². The molecule has 0 aliphatic heterocycles. The molecule has 3 aromatic heterocycles. The zero-order chi connectivity index (χ0) is 20.2. The lowest BCUT2D eigenvalue weighted by molar-refractivity contribution is 0.0919. The molecular weight excluding hydrogens is 376 g/mol. The fraction of sp³-hybridized carbons (Fsp3) is 0.150. The highest BCUT2D eigenvalue weighted by Gasteiger charge is 2.21. The van der Waals surface area contributed by atoms with Gasteiger partial charge in [0.15, 0.2) is 23.0 Å². The number of methoxy groups -OCH3 is 2. The second-order valence-electron chi connectivity index (χ2n) is 5.97. The molecule has 9 nitrogen and oxygen atoms in total. The molecule has 0 saturated carbocycles. The van der Waals surface area contributed by atoms with Crippen molar-refractivity contribution in [2.75, 3.05) is 19.5 Å². The summed E-state index contributed by atoms with van der Waals surface area (Å²) in [5, 5.41) is 7.41. The van der Waals surface area contributed by atoms with E-state index in [1.54, 1.807) is 38.5 Å². The molecule has 0 spiro atoms. The molecule has 0 atom stereocenters. The Kier molecular flexibility index (Phi) is 5.02. The Bertz CT molecular complexity index is 1100. The monoisotopic (exact) mass is 394 g/mol. The van der Waals surface area contributed by atoms with Crippen molar-refractivity contribution in [2.45, 2.75) is 6.54 Å². The van der Waals surface area contributed by atoms with Gasteiger partial charge in [-0.1, -0.05) is 6.07 Å². The van der Waals surface area contributed by atoms with Gasteiger partial charge in [0.05, 0.1) is 26.7 Å². The van der Waals surface area contributed by atoms with Gasteiger partial charge in [-0.15, -0.1) is 5.10 Å². The van der Waals surface area contributed by atoms with Crippen LogP contribution in [0.3, 0.4) is 0 Å². The summed E-state index contributed by atoms with van der Waals surface area (Å²) in [4.78, 5) is 17.2. The maximum absolute atomic E-state index is 12.8. The Hall–Kier alpha value is -4.01. The van der Waals surface area contributed by atoms with E-state index < -0.39 is 5.91 Å². The molecule has 0 bridgehead atoms. The minimum atomic E-state index is -0.449. The average Bonchev–Trinajstić information content (AvgIpc) is 3.52. The highest BCUT2D eigenvalue weighted by atomic mass is 16.5. The molecule has 1 aromatic carbocycles. The summed E-state index contributed by atoms with van der Waals surface area (Å²) in [5.74, 6) is 1.93. The molecule has 148 valence electrons. The van der Waals surface area contributed by atoms with Crippen molar-refractivity contribution in [3.63, 3.8) is 0 Å². The van der Waals surface area contributed by atoms with Gasteiger partial charge in [0.25, 0.3) is 0 Å². The van der Waals surface area contributed by atoms with Crippen LogP contribution in [-0.4, -0.2) is 34.9 Å². The molecule has 0 radical (unpaired) electrons. The lowest BCUT2D eigenvalue weighted by atomic mass is 10.2. The van der Waals surface area contributed by atoms with E-state index in [9.17, 15) is 4.79 Å². The van der Waals surface area contributed by atoms with Gasteiger partial charge < -0.3 is 23.6 Å². The van der Waals surface area contributed by atoms with Gasteiger partial charge in [0.1, 0.15) is 0 Å². The van der Waals surface area contributed by atoms with Crippen molar-refractivity contribution in [1.29, 1.82) is 0 Å². The molecule has 0 fully saturated rings. The first-order valence-electron chi connectivity index (χ1n) is 8.73. The minimum absolute atomic E-state index is 0.148. The minimum Gasteiger partial charge on any atom is -0.493 e. The second kappa shape index (κ2) is 7.93. The van der Waals surface area contributed by atoms with Gasteiger partial charge in [-0.2, -0.15) is 9.67 Å². The van der Waals surface area contributed by atoms with Gasteiger partial charge in [0, 0.05) is 6.54 Å². The maximum Gasteiger partial charge on any atom is 0.317 e. The summed E-state index contributed by atoms with van der Waals surface area (Å²) < 4.78 is 22.3. The van der Waals surface area contributed by atoms with Crippen LogP contribution in [0.25, 0.3) is 11.6 Å². The van der Waals surface area contributed by atoms with Crippen molar-refractivity contribution in [1.82, 2.24) is 14.8 Å². The summed E-state index contributed by atoms with van der Waals surface area (Å²) in [5.41, 5.74) is 0.905. The predicted molar refractivity (Wildman–Crippen MR) is 103 cm³/mol. The Morgan fingerprint density at radius 3 is 2.55 bits per heavy atom. The summed E-state index contributed by atoms with van der Waals surface area (Å²) in [6.45, 7) is 0.377. The van der Waals surface area contributed by atoms with E-state index in [0.29, 0.717) is 23.8 Å². The SMILES string of the molecule is COc1ccc(CNc2nc(-c3ccco3)nn2C(=O)c2ccco2)cc1OC. The number of benzene rings is 1. The summed E-state index contributed by atoms with van der Waals surface area (Å²) in [6, 6.07) is 12.2. The molecule has 0 unspecified atom stereocenters. The number of nitrogens with one attached hydrogen (secondary N) is 1. The van der Waals surface area contributed by atoms with Gasteiger partial charge in [-0.3, -0.25) is 4.79 Å². The van der Waals surface area contributed by atoms with Crippen LogP contribution in [0.5, 0.6) is 11.5 Å². The van der Waals surface area contributed by atoms with Crippen molar-refractivity contribution in [2.24, 2.45) is 0 Å². The number of hydrogen-bond acceptors (Lipinski definition) is 8. The zero-order valence-corrected chi connectivity index (χ0v) is 15.8. The van der Waals surface area contributed by atoms with E-state index in [1.807, 2.05) is 18.2 Å². The standard InChI is InChI=1S/C20H18N4O5/c1-26-14-8-7-13(11-17(14)27-2)12-21-20-22-18(15-5-3-9-28-15)23-24(20)19(25)16-6-4-10-29-16/h3-11H,12H2,1-2H3,(H,21,22,23). The number of nitrogens with zero attached hydrogens (tertiary/aromatic N) is 3. The molecular formula is C20H18N4O5. The quantitative estimate of drug-likeness (QED) is 0.508. The molecule has 0 aliphatic carbocycles. The van der Waals surface area contributed by atoms with Crippen molar-refractivity contribution in [3.05, 3.63) is 66.3 Å². The third-order valence-electron chi connectivity index (χ3n) is 4.17. The molecule has 3 heterocycles. The van der Waals surface area contributed by atoms with Crippen LogP contribution in [0.15, 0.2) is 63.8 Å². The third-order valence-corrected chi connectivity index (χ3v) is 4.17. The number of furan rings is 2. The predicted octanol–water partition coefficient (Wildman–Crippen LogP) is 3.45. The number of hydrogen-bond donors (Lipinski definition) is 1. The average molecular weight is 394 g/mol. The highest BCUT2D eigenvalue weighted by molar-refractivity contribution is 5.94. The van der Waals surface area contributed by atoms with Crippen LogP contribution < -0.4 is 14.8 Å². The molecule has 9 heteroatoms. The van der Waals surface area contributed by atoms with E-state index in [2.05, 4.69) is 15.4 Å². The normalized spacial score (nSPS) is 10.7. The maximum atomic E-state index is 12.8. The largest absolute Gasteiger partial charge is 0.493 e. The molecule has 1 N–H and O–H groups in total. The fourth-order valence-corrected chi connectivity index (χ4v) is 2.75. The molecule has 4 rings (SSSR count). The number of rotatable bonds is 7.